The third kappa shape index (κ3) is 5.51. The summed E-state index contributed by atoms with van der Waals surface area (Å²) in [4.78, 5) is 0. The lowest BCUT2D eigenvalue weighted by Gasteiger charge is -2.59. The first kappa shape index (κ1) is 35.1. The van der Waals surface area contributed by atoms with Crippen LogP contribution < -0.4 is 0 Å². The second kappa shape index (κ2) is 12.8. The van der Waals surface area contributed by atoms with Gasteiger partial charge in [0.15, 0.2) is 12.6 Å². The molecule has 2 heterocycles. The minimum atomic E-state index is -1.64. The zero-order chi connectivity index (χ0) is 33.3. The van der Waals surface area contributed by atoms with Crippen LogP contribution in [0.1, 0.15) is 72.1 Å². The van der Waals surface area contributed by atoms with Gasteiger partial charge in [-0.05, 0) is 81.5 Å². The number of ether oxygens (including phenoxy) is 4. The van der Waals surface area contributed by atoms with Gasteiger partial charge in [-0.2, -0.15) is 0 Å². The van der Waals surface area contributed by atoms with E-state index in [1.807, 2.05) is 0 Å². The number of aliphatic hydroxyl groups excluding tert-OH is 8. The summed E-state index contributed by atoms with van der Waals surface area (Å²) in [5.41, 5.74) is -0.0897. The lowest BCUT2D eigenvalue weighted by atomic mass is 9.46. The van der Waals surface area contributed by atoms with E-state index in [4.69, 9.17) is 18.9 Å². The Morgan fingerprint density at radius 2 is 1.46 bits per heavy atom. The molecule has 46 heavy (non-hydrogen) atoms. The van der Waals surface area contributed by atoms with Crippen molar-refractivity contribution in [2.24, 2.45) is 28.6 Å². The second-order valence-corrected chi connectivity index (χ2v) is 15.4. The molecule has 4 aliphatic carbocycles. The molecule has 18 atom stereocenters. The molecule has 264 valence electrons. The molecule has 5 fully saturated rings. The fraction of sp³-hybridized carbons (Fsp3) is 0.939. The number of aliphatic hydroxyl groups is 9. The minimum Gasteiger partial charge on any atom is -0.394 e. The lowest BCUT2D eigenvalue weighted by Crippen LogP contribution is -2.62. The van der Waals surface area contributed by atoms with Crippen molar-refractivity contribution in [2.75, 3.05) is 13.2 Å². The van der Waals surface area contributed by atoms with Crippen molar-refractivity contribution < 1.29 is 64.9 Å². The highest BCUT2D eigenvalue weighted by atomic mass is 16.7. The molecule has 13 nitrogen and oxygen atoms in total. The largest absolute Gasteiger partial charge is 0.394 e. The summed E-state index contributed by atoms with van der Waals surface area (Å²) in [6.45, 7) is 5.18. The average molecular weight is 659 g/mol. The Labute approximate surface area is 269 Å². The van der Waals surface area contributed by atoms with E-state index in [1.165, 1.54) is 5.57 Å². The van der Waals surface area contributed by atoms with Crippen LogP contribution in [0.4, 0.5) is 0 Å². The molecule has 0 unspecified atom stereocenters. The van der Waals surface area contributed by atoms with Gasteiger partial charge in [0.1, 0.15) is 48.8 Å². The smallest absolute Gasteiger partial charge is 0.186 e. The Kier molecular flexibility index (Phi) is 9.78. The van der Waals surface area contributed by atoms with Crippen molar-refractivity contribution in [3.63, 3.8) is 0 Å². The summed E-state index contributed by atoms with van der Waals surface area (Å²) in [5.74, 6) is 1.23. The predicted molar refractivity (Wildman–Crippen MR) is 160 cm³/mol. The van der Waals surface area contributed by atoms with Gasteiger partial charge in [0, 0.05) is 5.41 Å². The molecule has 0 spiro atoms. The Hall–Kier alpha value is -0.780. The SMILES string of the molecule is C[C@H](O)[C@@]1(O)CC[C@H]2[C@@H]3CC=C4C[C@@H](O[C@@H]5O[C@H](CO[C@@H]6O[C@H](CO)[C@@H](O)[C@H](O)[C@H]6O)[C@@H](O)[C@H](O)[C@H]5O)CC[C@]4(C)[C@H]3CC[C@@]21C. The summed E-state index contributed by atoms with van der Waals surface area (Å²) in [7, 11) is 0. The highest BCUT2D eigenvalue weighted by Gasteiger charge is 2.65. The number of hydrogen-bond acceptors (Lipinski definition) is 13. The van der Waals surface area contributed by atoms with Crippen molar-refractivity contribution >= 4 is 0 Å². The molecule has 2 saturated heterocycles. The maximum absolute atomic E-state index is 11.5. The molecule has 0 radical (unpaired) electrons. The van der Waals surface area contributed by atoms with E-state index in [0.29, 0.717) is 37.0 Å². The van der Waals surface area contributed by atoms with Gasteiger partial charge in [-0.15, -0.1) is 0 Å². The first-order valence-electron chi connectivity index (χ1n) is 17.0. The first-order valence-corrected chi connectivity index (χ1v) is 17.0. The molecule has 6 rings (SSSR count). The normalized spacial score (nSPS) is 54.7. The van der Waals surface area contributed by atoms with E-state index < -0.39 is 86.3 Å². The van der Waals surface area contributed by atoms with Gasteiger partial charge < -0.3 is 64.9 Å². The predicted octanol–water partition coefficient (Wildman–Crippen LogP) is -0.930. The van der Waals surface area contributed by atoms with Gasteiger partial charge in [-0.1, -0.05) is 25.5 Å². The van der Waals surface area contributed by atoms with Crippen molar-refractivity contribution in [2.45, 2.75) is 151 Å². The molecule has 0 aromatic carbocycles. The van der Waals surface area contributed by atoms with Crippen molar-refractivity contribution in [1.29, 1.82) is 0 Å². The quantitative estimate of drug-likeness (QED) is 0.151. The van der Waals surface area contributed by atoms with Crippen LogP contribution in [0.15, 0.2) is 11.6 Å². The maximum atomic E-state index is 11.5. The van der Waals surface area contributed by atoms with E-state index in [1.54, 1.807) is 6.92 Å². The van der Waals surface area contributed by atoms with Crippen LogP contribution in [0.25, 0.3) is 0 Å². The molecule has 0 aromatic rings. The highest BCUT2D eigenvalue weighted by Crippen LogP contribution is 2.67. The fourth-order valence-corrected chi connectivity index (χ4v) is 10.2. The molecular formula is C33H54O13. The number of rotatable bonds is 7. The summed E-state index contributed by atoms with van der Waals surface area (Å²) >= 11 is 0. The van der Waals surface area contributed by atoms with Crippen LogP contribution >= 0.6 is 0 Å². The Morgan fingerprint density at radius 1 is 0.826 bits per heavy atom. The number of allylic oxidation sites excluding steroid dienone is 1. The van der Waals surface area contributed by atoms with Gasteiger partial charge in [-0.25, -0.2) is 0 Å². The third-order valence-electron chi connectivity index (χ3n) is 13.2. The fourth-order valence-electron chi connectivity index (χ4n) is 10.2. The van der Waals surface area contributed by atoms with Crippen LogP contribution in [0, 0.1) is 28.6 Å². The molecule has 6 aliphatic rings. The lowest BCUT2D eigenvalue weighted by molar-refractivity contribution is -0.336. The monoisotopic (exact) mass is 658 g/mol. The molecule has 3 saturated carbocycles. The maximum Gasteiger partial charge on any atom is 0.186 e. The number of fused-ring (bicyclic) bond motifs is 5. The van der Waals surface area contributed by atoms with Gasteiger partial charge in [0.2, 0.25) is 0 Å². The minimum absolute atomic E-state index is 0.0286. The molecule has 9 N–H and O–H groups in total. The van der Waals surface area contributed by atoms with Crippen molar-refractivity contribution in [3.8, 4) is 0 Å². The zero-order valence-electron chi connectivity index (χ0n) is 27.0. The number of hydrogen-bond donors (Lipinski definition) is 9. The van der Waals surface area contributed by atoms with Crippen LogP contribution in [-0.4, -0.2) is 138 Å². The Balaban J connectivity index is 1.09. The second-order valence-electron chi connectivity index (χ2n) is 15.4. The average Bonchev–Trinajstić information content (AvgIpc) is 3.32. The molecule has 0 bridgehead atoms. The highest BCUT2D eigenvalue weighted by molar-refractivity contribution is 5.26. The van der Waals surface area contributed by atoms with Gasteiger partial charge >= 0.3 is 0 Å². The summed E-state index contributed by atoms with van der Waals surface area (Å²) in [6.07, 6.45) is -6.81. The van der Waals surface area contributed by atoms with Gasteiger partial charge in [0.25, 0.3) is 0 Å². The van der Waals surface area contributed by atoms with Crippen LogP contribution in [0.2, 0.25) is 0 Å². The van der Waals surface area contributed by atoms with Crippen molar-refractivity contribution in [3.05, 3.63) is 11.6 Å². The molecule has 0 aromatic heterocycles. The van der Waals surface area contributed by atoms with Crippen LogP contribution in [0.3, 0.4) is 0 Å². The van der Waals surface area contributed by atoms with Gasteiger partial charge in [-0.3, -0.25) is 0 Å². The zero-order valence-corrected chi connectivity index (χ0v) is 27.0. The molecule has 0 amide bonds. The van der Waals surface area contributed by atoms with E-state index >= 15 is 0 Å². The summed E-state index contributed by atoms with van der Waals surface area (Å²) in [5, 5.41) is 93.9. The third-order valence-corrected chi connectivity index (χ3v) is 13.2. The Morgan fingerprint density at radius 3 is 2.13 bits per heavy atom. The topological polar surface area (TPSA) is 219 Å². The van der Waals surface area contributed by atoms with Crippen molar-refractivity contribution in [1.82, 2.24) is 0 Å². The molecular weight excluding hydrogens is 604 g/mol. The van der Waals surface area contributed by atoms with E-state index in [2.05, 4.69) is 19.9 Å². The summed E-state index contributed by atoms with van der Waals surface area (Å²) < 4.78 is 23.0. The van der Waals surface area contributed by atoms with Gasteiger partial charge in [0.05, 0.1) is 31.0 Å². The standard InChI is InChI=1S/C33H54O13/c1-15(35)33(42)11-8-20-18-5-4-16-12-17(6-9-31(16,2)19(18)7-10-32(20,33)3)44-30-28(41)26(39)24(37)22(46-30)14-43-29-27(40)25(38)23(36)21(13-34)45-29/h4,15,17-30,34-42H,5-14H2,1-3H3/t15-,17-,18+,19-,20-,21+,22+,23+,24+,25-,26-,27+,28+,29+,30+,31-,32-,33-/m0/s1. The summed E-state index contributed by atoms with van der Waals surface area (Å²) in [6, 6.07) is 0. The van der Waals surface area contributed by atoms with Crippen LogP contribution in [-0.2, 0) is 18.9 Å². The van der Waals surface area contributed by atoms with E-state index in [0.717, 1.165) is 32.1 Å². The molecule has 2 aliphatic heterocycles. The van der Waals surface area contributed by atoms with Crippen LogP contribution in [0.5, 0.6) is 0 Å². The van der Waals surface area contributed by atoms with E-state index in [9.17, 15) is 46.0 Å². The molecule has 13 heteroatoms. The first-order chi connectivity index (χ1) is 21.7. The van der Waals surface area contributed by atoms with E-state index in [-0.39, 0.29) is 16.9 Å². The Bertz CT molecular complexity index is 1120.